The lowest BCUT2D eigenvalue weighted by Gasteiger charge is -2.33. The molecule has 94 valence electrons. The summed E-state index contributed by atoms with van der Waals surface area (Å²) in [6.45, 7) is 6.38. The molecule has 0 radical (unpaired) electrons. The van der Waals surface area contributed by atoms with Gasteiger partial charge in [0.15, 0.2) is 0 Å². The number of nitrogens with one attached hydrogen (secondary N) is 1. The van der Waals surface area contributed by atoms with E-state index in [1.54, 1.807) is 0 Å². The number of aromatic nitrogens is 2. The molecule has 0 saturated carbocycles. The van der Waals surface area contributed by atoms with Crippen LogP contribution >= 0.6 is 11.8 Å². The first-order chi connectivity index (χ1) is 8.22. The van der Waals surface area contributed by atoms with Crippen LogP contribution in [0.25, 0.3) is 0 Å². The van der Waals surface area contributed by atoms with E-state index in [4.69, 9.17) is 0 Å². The second-order valence-corrected chi connectivity index (χ2v) is 5.66. The first kappa shape index (κ1) is 12.5. The van der Waals surface area contributed by atoms with Crippen molar-refractivity contribution in [3.05, 3.63) is 11.9 Å². The Morgan fingerprint density at radius 1 is 1.53 bits per heavy atom. The van der Waals surface area contributed by atoms with Gasteiger partial charge < -0.3 is 10.2 Å². The van der Waals surface area contributed by atoms with Crippen LogP contribution in [0.5, 0.6) is 0 Å². The van der Waals surface area contributed by atoms with Gasteiger partial charge in [0.2, 0.25) is 0 Å². The van der Waals surface area contributed by atoms with E-state index in [0.29, 0.717) is 0 Å². The predicted octanol–water partition coefficient (Wildman–Crippen LogP) is 2.16. The van der Waals surface area contributed by atoms with Crippen molar-refractivity contribution in [3.63, 3.8) is 0 Å². The second kappa shape index (κ2) is 5.58. The lowest BCUT2D eigenvalue weighted by atomic mass is 10.3. The van der Waals surface area contributed by atoms with Gasteiger partial charge in [-0.05, 0) is 13.3 Å². The Morgan fingerprint density at radius 3 is 3.06 bits per heavy atom. The summed E-state index contributed by atoms with van der Waals surface area (Å²) in [4.78, 5) is 11.2. The van der Waals surface area contributed by atoms with Crippen molar-refractivity contribution in [1.29, 1.82) is 0 Å². The molecule has 0 aromatic carbocycles. The summed E-state index contributed by atoms with van der Waals surface area (Å²) >= 11 is 2.08. The largest absolute Gasteiger partial charge is 0.373 e. The molecule has 1 aromatic heterocycles. The predicted molar refractivity (Wildman–Crippen MR) is 75.1 cm³/mol. The quantitative estimate of drug-likeness (QED) is 0.893. The van der Waals surface area contributed by atoms with Crippen LogP contribution in [0.3, 0.4) is 0 Å². The minimum Gasteiger partial charge on any atom is -0.373 e. The highest BCUT2D eigenvalue weighted by Gasteiger charge is 2.20. The fraction of sp³-hybridized carbons (Fsp3) is 0.667. The number of thioether (sulfide) groups is 1. The Labute approximate surface area is 107 Å². The second-order valence-electron chi connectivity index (χ2n) is 4.26. The molecule has 1 N–H and O–H groups in total. The summed E-state index contributed by atoms with van der Waals surface area (Å²) in [5.41, 5.74) is 0. The van der Waals surface area contributed by atoms with Gasteiger partial charge in [0.25, 0.3) is 0 Å². The molecule has 1 fully saturated rings. The van der Waals surface area contributed by atoms with Crippen LogP contribution in [-0.2, 0) is 0 Å². The van der Waals surface area contributed by atoms with Crippen LogP contribution in [0.1, 0.15) is 19.2 Å². The third kappa shape index (κ3) is 3.03. The van der Waals surface area contributed by atoms with Crippen molar-refractivity contribution in [2.24, 2.45) is 0 Å². The lowest BCUT2D eigenvalue weighted by Crippen LogP contribution is -2.38. The Balaban J connectivity index is 2.18. The van der Waals surface area contributed by atoms with E-state index in [1.165, 1.54) is 12.2 Å². The van der Waals surface area contributed by atoms with E-state index in [-0.39, 0.29) is 0 Å². The number of aryl methyl sites for hydroxylation is 1. The molecule has 1 atom stereocenters. The minimum absolute atomic E-state index is 0.733. The van der Waals surface area contributed by atoms with Crippen molar-refractivity contribution >= 4 is 23.4 Å². The molecule has 2 rings (SSSR count). The van der Waals surface area contributed by atoms with Crippen LogP contribution in [0.4, 0.5) is 11.6 Å². The first-order valence-corrected chi connectivity index (χ1v) is 7.17. The number of anilines is 2. The fourth-order valence-corrected chi connectivity index (χ4v) is 3.20. The topological polar surface area (TPSA) is 41.0 Å². The Morgan fingerprint density at radius 2 is 2.35 bits per heavy atom. The summed E-state index contributed by atoms with van der Waals surface area (Å²) in [5.74, 6) is 3.98. The molecule has 1 unspecified atom stereocenters. The summed E-state index contributed by atoms with van der Waals surface area (Å²) in [5, 5.41) is 3.82. The number of rotatable bonds is 3. The van der Waals surface area contributed by atoms with Gasteiger partial charge in [0.05, 0.1) is 0 Å². The Bertz CT molecular complexity index is 383. The van der Waals surface area contributed by atoms with Crippen LogP contribution in [0.15, 0.2) is 6.07 Å². The molecule has 0 amide bonds. The monoisotopic (exact) mass is 252 g/mol. The maximum atomic E-state index is 4.54. The highest BCUT2D eigenvalue weighted by Crippen LogP contribution is 2.25. The van der Waals surface area contributed by atoms with Crippen LogP contribution < -0.4 is 10.2 Å². The van der Waals surface area contributed by atoms with Gasteiger partial charge >= 0.3 is 0 Å². The zero-order valence-corrected chi connectivity index (χ0v) is 11.5. The molecule has 0 spiro atoms. The maximum absolute atomic E-state index is 4.54. The lowest BCUT2D eigenvalue weighted by molar-refractivity contribution is 0.717. The number of hydrogen-bond acceptors (Lipinski definition) is 5. The molecule has 0 bridgehead atoms. The number of nitrogens with zero attached hydrogens (tertiary/aromatic N) is 3. The van der Waals surface area contributed by atoms with Crippen LogP contribution in [-0.4, -0.2) is 41.1 Å². The normalized spacial score (nSPS) is 20.4. The summed E-state index contributed by atoms with van der Waals surface area (Å²) in [6, 6.07) is 2.04. The standard InChI is InChI=1S/C12H20N4S/c1-4-10-8-16(5-6-17-10)12-7-11(13-3)14-9(2)15-12/h7,10H,4-6,8H2,1-3H3,(H,13,14,15). The third-order valence-corrected chi connectivity index (χ3v) is 4.37. The van der Waals surface area contributed by atoms with Gasteiger partial charge in [-0.15, -0.1) is 0 Å². The van der Waals surface area contributed by atoms with E-state index < -0.39 is 0 Å². The van der Waals surface area contributed by atoms with Crippen molar-refractivity contribution < 1.29 is 0 Å². The molecule has 1 aliphatic heterocycles. The third-order valence-electron chi connectivity index (χ3n) is 3.00. The number of hydrogen-bond donors (Lipinski definition) is 1. The van der Waals surface area contributed by atoms with Gasteiger partial charge in [-0.25, -0.2) is 9.97 Å². The molecule has 0 aliphatic carbocycles. The zero-order valence-electron chi connectivity index (χ0n) is 10.7. The molecule has 4 nitrogen and oxygen atoms in total. The maximum Gasteiger partial charge on any atom is 0.134 e. The highest BCUT2D eigenvalue weighted by atomic mass is 32.2. The average Bonchev–Trinajstić information content (AvgIpc) is 2.38. The molecule has 17 heavy (non-hydrogen) atoms. The molecule has 1 aromatic rings. The van der Waals surface area contributed by atoms with Crippen molar-refractivity contribution in [2.75, 3.05) is 36.1 Å². The highest BCUT2D eigenvalue weighted by molar-refractivity contribution is 8.00. The molecule has 5 heteroatoms. The average molecular weight is 252 g/mol. The van der Waals surface area contributed by atoms with Crippen LogP contribution in [0, 0.1) is 6.92 Å². The van der Waals surface area contributed by atoms with Crippen molar-refractivity contribution in [1.82, 2.24) is 9.97 Å². The van der Waals surface area contributed by atoms with Crippen molar-refractivity contribution in [3.8, 4) is 0 Å². The Kier molecular flexibility index (Phi) is 4.10. The van der Waals surface area contributed by atoms with Gasteiger partial charge in [-0.1, -0.05) is 6.92 Å². The van der Waals surface area contributed by atoms with E-state index in [0.717, 1.165) is 35.8 Å². The van der Waals surface area contributed by atoms with Crippen molar-refractivity contribution in [2.45, 2.75) is 25.5 Å². The summed E-state index contributed by atoms with van der Waals surface area (Å²) in [7, 11) is 1.90. The first-order valence-electron chi connectivity index (χ1n) is 6.13. The SMILES string of the molecule is CCC1CN(c2cc(NC)nc(C)n2)CCS1. The van der Waals surface area contributed by atoms with E-state index in [2.05, 4.69) is 38.9 Å². The van der Waals surface area contributed by atoms with Gasteiger partial charge in [0.1, 0.15) is 17.5 Å². The zero-order chi connectivity index (χ0) is 12.3. The van der Waals surface area contributed by atoms with Gasteiger partial charge in [0, 0.05) is 37.2 Å². The van der Waals surface area contributed by atoms with Crippen LogP contribution in [0.2, 0.25) is 0 Å². The fourth-order valence-electron chi connectivity index (χ4n) is 2.02. The summed E-state index contributed by atoms with van der Waals surface area (Å²) in [6.07, 6.45) is 1.23. The Hall–Kier alpha value is -0.970. The van der Waals surface area contributed by atoms with E-state index in [1.807, 2.05) is 20.0 Å². The summed E-state index contributed by atoms with van der Waals surface area (Å²) < 4.78 is 0. The van der Waals surface area contributed by atoms with Gasteiger partial charge in [-0.2, -0.15) is 11.8 Å². The molecular formula is C12H20N4S. The van der Waals surface area contributed by atoms with Gasteiger partial charge in [-0.3, -0.25) is 0 Å². The molecule has 1 aliphatic rings. The molecule has 1 saturated heterocycles. The molecular weight excluding hydrogens is 232 g/mol. The smallest absolute Gasteiger partial charge is 0.134 e. The van der Waals surface area contributed by atoms with E-state index in [9.17, 15) is 0 Å². The van der Waals surface area contributed by atoms with E-state index >= 15 is 0 Å². The minimum atomic E-state index is 0.733. The molecule has 2 heterocycles.